The number of halogens is 2. The zero-order valence-corrected chi connectivity index (χ0v) is 9.32. The van der Waals surface area contributed by atoms with Gasteiger partial charge in [-0.1, -0.05) is 6.92 Å². The highest BCUT2D eigenvalue weighted by molar-refractivity contribution is 8.14. The summed E-state index contributed by atoms with van der Waals surface area (Å²) in [5, 5.41) is -1.47. The van der Waals surface area contributed by atoms with Gasteiger partial charge in [-0.25, -0.2) is 8.42 Å². The van der Waals surface area contributed by atoms with Crippen LogP contribution in [0.4, 0.5) is 0 Å². The Bertz CT molecular complexity index is 262. The molecule has 0 heterocycles. The second-order valence-electron chi connectivity index (χ2n) is 2.29. The molecule has 0 N–H and O–H groups in total. The first-order valence-corrected chi connectivity index (χ1v) is 6.50. The SMILES string of the molecule is CCCOC(=O)C(CCl)S(=O)(=O)Cl. The third kappa shape index (κ3) is 4.69. The molecule has 0 spiro atoms. The van der Waals surface area contributed by atoms with Crippen LogP contribution in [0.25, 0.3) is 0 Å². The molecule has 0 aliphatic carbocycles. The van der Waals surface area contributed by atoms with Gasteiger partial charge in [-0.2, -0.15) is 0 Å². The fourth-order valence-corrected chi connectivity index (χ4v) is 2.22. The third-order valence-corrected chi connectivity index (χ3v) is 3.37. The Balaban J connectivity index is 4.34. The summed E-state index contributed by atoms with van der Waals surface area (Å²) in [6, 6.07) is 0. The van der Waals surface area contributed by atoms with Crippen molar-refractivity contribution in [2.75, 3.05) is 12.5 Å². The van der Waals surface area contributed by atoms with E-state index in [2.05, 4.69) is 4.74 Å². The highest BCUT2D eigenvalue weighted by Crippen LogP contribution is 2.11. The molecule has 1 unspecified atom stereocenters. The molecule has 0 aromatic carbocycles. The Morgan fingerprint density at radius 2 is 2.08 bits per heavy atom. The molecule has 0 aliphatic heterocycles. The molecule has 1 atom stereocenters. The Labute approximate surface area is 86.6 Å². The van der Waals surface area contributed by atoms with E-state index in [0.717, 1.165) is 0 Å². The summed E-state index contributed by atoms with van der Waals surface area (Å²) >= 11 is 5.26. The molecule has 78 valence electrons. The van der Waals surface area contributed by atoms with Crippen LogP contribution in [0.3, 0.4) is 0 Å². The maximum atomic E-state index is 11.0. The van der Waals surface area contributed by atoms with Crippen molar-refractivity contribution in [2.24, 2.45) is 0 Å². The van der Waals surface area contributed by atoms with Crippen molar-refractivity contribution in [2.45, 2.75) is 18.6 Å². The maximum absolute atomic E-state index is 11.0. The summed E-state index contributed by atoms with van der Waals surface area (Å²) in [7, 11) is 0.981. The van der Waals surface area contributed by atoms with Crippen molar-refractivity contribution >= 4 is 37.3 Å². The minimum absolute atomic E-state index is 0.165. The molecule has 4 nitrogen and oxygen atoms in total. The highest BCUT2D eigenvalue weighted by atomic mass is 35.7. The molecule has 0 radical (unpaired) electrons. The van der Waals surface area contributed by atoms with E-state index < -0.39 is 26.2 Å². The molecule has 0 aromatic rings. The smallest absolute Gasteiger partial charge is 0.326 e. The van der Waals surface area contributed by atoms with Gasteiger partial charge in [0, 0.05) is 10.7 Å². The monoisotopic (exact) mass is 248 g/mol. The fourth-order valence-electron chi connectivity index (χ4n) is 0.549. The van der Waals surface area contributed by atoms with Gasteiger partial charge >= 0.3 is 5.97 Å². The number of ether oxygens (including phenoxy) is 1. The van der Waals surface area contributed by atoms with Crippen molar-refractivity contribution in [3.05, 3.63) is 0 Å². The average molecular weight is 249 g/mol. The van der Waals surface area contributed by atoms with Crippen LogP contribution >= 0.6 is 22.3 Å². The van der Waals surface area contributed by atoms with Crippen LogP contribution in [-0.4, -0.2) is 32.1 Å². The topological polar surface area (TPSA) is 60.4 Å². The number of hydrogen-bond acceptors (Lipinski definition) is 4. The van der Waals surface area contributed by atoms with Crippen molar-refractivity contribution in [3.8, 4) is 0 Å². The van der Waals surface area contributed by atoms with E-state index in [0.29, 0.717) is 6.42 Å². The van der Waals surface area contributed by atoms with Gasteiger partial charge in [-0.05, 0) is 6.42 Å². The number of esters is 1. The van der Waals surface area contributed by atoms with Crippen LogP contribution in [0.2, 0.25) is 0 Å². The van der Waals surface area contributed by atoms with E-state index in [9.17, 15) is 13.2 Å². The Hall–Kier alpha value is -0.000000000000000111. The molecule has 0 aliphatic rings. The van der Waals surface area contributed by atoms with Crippen LogP contribution in [0.5, 0.6) is 0 Å². The van der Waals surface area contributed by atoms with Gasteiger partial charge in [-0.15, -0.1) is 11.6 Å². The first-order valence-electron chi connectivity index (χ1n) is 3.59. The molecule has 0 amide bonds. The Morgan fingerprint density at radius 3 is 2.38 bits per heavy atom. The largest absolute Gasteiger partial charge is 0.465 e. The number of carbonyl (C=O) groups is 1. The second kappa shape index (κ2) is 5.67. The lowest BCUT2D eigenvalue weighted by molar-refractivity contribution is -0.142. The zero-order valence-electron chi connectivity index (χ0n) is 7.00. The van der Waals surface area contributed by atoms with Crippen LogP contribution in [0, 0.1) is 0 Å². The maximum Gasteiger partial charge on any atom is 0.326 e. The summed E-state index contributed by atoms with van der Waals surface area (Å²) in [6.45, 7) is 1.96. The van der Waals surface area contributed by atoms with Gasteiger partial charge in [0.15, 0.2) is 5.25 Å². The molecular formula is C6H10Cl2O4S. The normalized spacial score (nSPS) is 13.8. The van der Waals surface area contributed by atoms with Crippen LogP contribution in [0.15, 0.2) is 0 Å². The van der Waals surface area contributed by atoms with E-state index >= 15 is 0 Å². The molecular weight excluding hydrogens is 239 g/mol. The van der Waals surface area contributed by atoms with Crippen molar-refractivity contribution in [1.29, 1.82) is 0 Å². The van der Waals surface area contributed by atoms with Gasteiger partial charge < -0.3 is 4.74 Å². The van der Waals surface area contributed by atoms with E-state index in [-0.39, 0.29) is 6.61 Å². The van der Waals surface area contributed by atoms with Crippen molar-refractivity contribution in [1.82, 2.24) is 0 Å². The molecule has 0 saturated heterocycles. The summed E-state index contributed by atoms with van der Waals surface area (Å²) in [5.74, 6) is -1.29. The molecule has 0 aromatic heterocycles. The Morgan fingerprint density at radius 1 is 1.54 bits per heavy atom. The number of carbonyl (C=O) groups excluding carboxylic acids is 1. The van der Waals surface area contributed by atoms with Crippen LogP contribution in [-0.2, 0) is 18.6 Å². The lowest BCUT2D eigenvalue weighted by Crippen LogP contribution is -2.30. The third-order valence-electron chi connectivity index (χ3n) is 1.19. The number of alkyl halides is 1. The lowest BCUT2D eigenvalue weighted by atomic mass is 10.5. The minimum Gasteiger partial charge on any atom is -0.465 e. The molecule has 0 fully saturated rings. The van der Waals surface area contributed by atoms with Crippen molar-refractivity contribution in [3.63, 3.8) is 0 Å². The second-order valence-corrected chi connectivity index (χ2v) is 5.41. The molecule has 0 saturated carbocycles. The van der Waals surface area contributed by atoms with E-state index in [1.54, 1.807) is 6.92 Å². The van der Waals surface area contributed by atoms with Gasteiger partial charge in [0.2, 0.25) is 9.05 Å². The summed E-state index contributed by atoms with van der Waals surface area (Å²) in [4.78, 5) is 11.0. The van der Waals surface area contributed by atoms with Gasteiger partial charge in [0.05, 0.1) is 12.5 Å². The molecule has 0 bridgehead atoms. The van der Waals surface area contributed by atoms with Gasteiger partial charge in [0.1, 0.15) is 0 Å². The van der Waals surface area contributed by atoms with E-state index in [1.807, 2.05) is 0 Å². The highest BCUT2D eigenvalue weighted by Gasteiger charge is 2.31. The van der Waals surface area contributed by atoms with Gasteiger partial charge in [0.25, 0.3) is 0 Å². The van der Waals surface area contributed by atoms with Gasteiger partial charge in [-0.3, -0.25) is 4.79 Å². The zero-order chi connectivity index (χ0) is 10.5. The summed E-state index contributed by atoms with van der Waals surface area (Å²) < 4.78 is 26.1. The summed E-state index contributed by atoms with van der Waals surface area (Å²) in [6.07, 6.45) is 0.614. The molecule has 13 heavy (non-hydrogen) atoms. The molecule has 7 heteroatoms. The van der Waals surface area contributed by atoms with E-state index in [1.165, 1.54) is 0 Å². The summed E-state index contributed by atoms with van der Waals surface area (Å²) in [5.41, 5.74) is 0. The number of hydrogen-bond donors (Lipinski definition) is 0. The van der Waals surface area contributed by atoms with E-state index in [4.69, 9.17) is 22.3 Å². The Kier molecular flexibility index (Phi) is 5.67. The molecule has 0 rings (SSSR count). The van der Waals surface area contributed by atoms with Crippen molar-refractivity contribution < 1.29 is 17.9 Å². The predicted octanol–water partition coefficient (Wildman–Crippen LogP) is 1.12. The van der Waals surface area contributed by atoms with Crippen LogP contribution < -0.4 is 0 Å². The quantitative estimate of drug-likeness (QED) is 0.416. The predicted molar refractivity (Wildman–Crippen MR) is 50.5 cm³/mol. The lowest BCUT2D eigenvalue weighted by Gasteiger charge is -2.08. The first-order chi connectivity index (χ1) is 5.93. The van der Waals surface area contributed by atoms with Crippen LogP contribution in [0.1, 0.15) is 13.3 Å². The first kappa shape index (κ1) is 13.0. The minimum atomic E-state index is -3.98. The fraction of sp³-hybridized carbons (Fsp3) is 0.833. The number of rotatable bonds is 5. The standard InChI is InChI=1S/C6H10Cl2O4S/c1-2-3-12-6(9)5(4-7)13(8,10)11/h5H,2-4H2,1H3. The average Bonchev–Trinajstić information content (AvgIpc) is 1.99.